The Bertz CT molecular complexity index is 514. The minimum atomic E-state index is -0.0211. The number of halogens is 2. The van der Waals surface area contributed by atoms with Gasteiger partial charge in [0.25, 0.3) is 0 Å². The van der Waals surface area contributed by atoms with Gasteiger partial charge in [0, 0.05) is 38.9 Å². The fourth-order valence-corrected chi connectivity index (χ4v) is 2.70. The van der Waals surface area contributed by atoms with Crippen molar-refractivity contribution in [3.63, 3.8) is 0 Å². The van der Waals surface area contributed by atoms with Gasteiger partial charge in [0.05, 0.1) is 10.0 Å². The molecule has 0 aliphatic carbocycles. The summed E-state index contributed by atoms with van der Waals surface area (Å²) < 4.78 is 0. The Morgan fingerprint density at radius 2 is 2.09 bits per heavy atom. The Morgan fingerprint density at radius 1 is 1.27 bits per heavy atom. The van der Waals surface area contributed by atoms with Crippen LogP contribution in [-0.4, -0.2) is 67.1 Å². The van der Waals surface area contributed by atoms with Crippen molar-refractivity contribution in [2.45, 2.75) is 6.42 Å². The van der Waals surface area contributed by atoms with Gasteiger partial charge in [-0.15, -0.1) is 0 Å². The highest BCUT2D eigenvalue weighted by molar-refractivity contribution is 6.35. The molecule has 1 aromatic heterocycles. The fraction of sp³-hybridized carbons (Fsp3) is 0.571. The molecule has 0 unspecified atom stereocenters. The summed E-state index contributed by atoms with van der Waals surface area (Å²) in [5.74, 6) is 0.566. The number of rotatable bonds is 4. The second kappa shape index (κ2) is 8.41. The molecule has 8 heteroatoms. The van der Waals surface area contributed by atoms with E-state index in [1.807, 2.05) is 4.90 Å². The monoisotopic (exact) mass is 345 g/mol. The van der Waals surface area contributed by atoms with E-state index in [-0.39, 0.29) is 6.03 Å². The SMILES string of the molecule is CN1CCCN(C(=O)NCCNc2ncc(Cl)cc2Cl)CC1. The number of anilines is 1. The van der Waals surface area contributed by atoms with Crippen molar-refractivity contribution >= 4 is 35.1 Å². The Hall–Kier alpha value is -1.24. The molecule has 0 spiro atoms. The number of carbonyl (C=O) groups is 1. The first-order valence-electron chi connectivity index (χ1n) is 7.32. The first-order valence-corrected chi connectivity index (χ1v) is 8.08. The van der Waals surface area contributed by atoms with Crippen molar-refractivity contribution < 1.29 is 4.79 Å². The predicted molar refractivity (Wildman–Crippen MR) is 89.8 cm³/mol. The van der Waals surface area contributed by atoms with Crippen molar-refractivity contribution in [2.75, 3.05) is 51.6 Å². The van der Waals surface area contributed by atoms with E-state index >= 15 is 0 Å². The summed E-state index contributed by atoms with van der Waals surface area (Å²) in [6.07, 6.45) is 2.54. The second-order valence-corrected chi connectivity index (χ2v) is 6.13. The molecule has 22 heavy (non-hydrogen) atoms. The van der Waals surface area contributed by atoms with Crippen molar-refractivity contribution in [3.8, 4) is 0 Å². The van der Waals surface area contributed by atoms with Crippen molar-refractivity contribution in [1.29, 1.82) is 0 Å². The van der Waals surface area contributed by atoms with Crippen LogP contribution in [0.3, 0.4) is 0 Å². The number of carbonyl (C=O) groups excluding carboxylic acids is 1. The van der Waals surface area contributed by atoms with E-state index in [1.165, 1.54) is 6.20 Å². The average molecular weight is 346 g/mol. The largest absolute Gasteiger partial charge is 0.367 e. The fourth-order valence-electron chi connectivity index (χ4n) is 2.26. The molecule has 0 aromatic carbocycles. The van der Waals surface area contributed by atoms with E-state index in [0.717, 1.165) is 32.6 Å². The molecule has 2 heterocycles. The first kappa shape index (κ1) is 17.1. The number of nitrogens with one attached hydrogen (secondary N) is 2. The lowest BCUT2D eigenvalue weighted by molar-refractivity contribution is 0.200. The zero-order valence-electron chi connectivity index (χ0n) is 12.6. The molecule has 6 nitrogen and oxygen atoms in total. The van der Waals surface area contributed by atoms with Crippen LogP contribution in [0.4, 0.5) is 10.6 Å². The second-order valence-electron chi connectivity index (χ2n) is 5.29. The molecule has 2 rings (SSSR count). The summed E-state index contributed by atoms with van der Waals surface area (Å²) in [6, 6.07) is 1.61. The Morgan fingerprint density at radius 3 is 2.86 bits per heavy atom. The number of amides is 2. The van der Waals surface area contributed by atoms with Gasteiger partial charge in [0.1, 0.15) is 5.82 Å². The molecule has 0 radical (unpaired) electrons. The summed E-state index contributed by atoms with van der Waals surface area (Å²) in [5.41, 5.74) is 0. The lowest BCUT2D eigenvalue weighted by Crippen LogP contribution is -2.43. The van der Waals surface area contributed by atoms with Crippen LogP contribution in [0.15, 0.2) is 12.3 Å². The number of urea groups is 1. The number of hydrogen-bond donors (Lipinski definition) is 2. The number of nitrogens with zero attached hydrogens (tertiary/aromatic N) is 3. The normalized spacial score (nSPS) is 16.2. The van der Waals surface area contributed by atoms with Crippen LogP contribution < -0.4 is 10.6 Å². The number of aromatic nitrogens is 1. The zero-order valence-corrected chi connectivity index (χ0v) is 14.1. The summed E-state index contributed by atoms with van der Waals surface area (Å²) in [7, 11) is 2.08. The number of pyridine rings is 1. The third-order valence-electron chi connectivity index (χ3n) is 3.51. The van der Waals surface area contributed by atoms with Crippen LogP contribution in [0, 0.1) is 0 Å². The highest BCUT2D eigenvalue weighted by Crippen LogP contribution is 2.21. The van der Waals surface area contributed by atoms with Crippen molar-refractivity contribution in [2.24, 2.45) is 0 Å². The van der Waals surface area contributed by atoms with Gasteiger partial charge in [0.2, 0.25) is 0 Å². The topological polar surface area (TPSA) is 60.5 Å². The maximum atomic E-state index is 12.1. The third kappa shape index (κ3) is 5.19. The molecule has 1 aliphatic rings. The first-order chi connectivity index (χ1) is 10.6. The highest BCUT2D eigenvalue weighted by Gasteiger charge is 2.16. The van der Waals surface area contributed by atoms with Crippen LogP contribution in [0.1, 0.15) is 6.42 Å². The van der Waals surface area contributed by atoms with E-state index in [4.69, 9.17) is 23.2 Å². The standard InChI is InChI=1S/C14H21Cl2N5O/c1-20-5-2-6-21(8-7-20)14(22)18-4-3-17-13-12(16)9-11(15)10-19-13/h9-10H,2-8H2,1H3,(H,17,19)(H,18,22). The van der Waals surface area contributed by atoms with E-state index in [2.05, 4.69) is 27.6 Å². The van der Waals surface area contributed by atoms with Gasteiger partial charge in [-0.2, -0.15) is 0 Å². The Labute approximate surface area is 140 Å². The molecule has 1 aliphatic heterocycles. The molecule has 0 bridgehead atoms. The predicted octanol–water partition coefficient (Wildman–Crippen LogP) is 2.15. The van der Waals surface area contributed by atoms with Crippen LogP contribution >= 0.6 is 23.2 Å². The zero-order chi connectivity index (χ0) is 15.9. The van der Waals surface area contributed by atoms with Crippen molar-refractivity contribution in [3.05, 3.63) is 22.3 Å². The number of likely N-dealkylation sites (N-methyl/N-ethyl adjacent to an activating group) is 1. The van der Waals surface area contributed by atoms with E-state index in [0.29, 0.717) is 29.0 Å². The molecule has 1 saturated heterocycles. The lowest BCUT2D eigenvalue weighted by Gasteiger charge is -2.21. The summed E-state index contributed by atoms with van der Waals surface area (Å²) in [6.45, 7) is 4.57. The Kier molecular flexibility index (Phi) is 6.54. The van der Waals surface area contributed by atoms with Crippen molar-refractivity contribution in [1.82, 2.24) is 20.1 Å². The molecule has 2 N–H and O–H groups in total. The highest BCUT2D eigenvalue weighted by atomic mass is 35.5. The van der Waals surface area contributed by atoms with Gasteiger partial charge in [-0.3, -0.25) is 0 Å². The molecule has 122 valence electrons. The van der Waals surface area contributed by atoms with E-state index in [1.54, 1.807) is 6.07 Å². The van der Waals surface area contributed by atoms with Gasteiger partial charge < -0.3 is 20.4 Å². The Balaban J connectivity index is 1.70. The summed E-state index contributed by atoms with van der Waals surface area (Å²) >= 11 is 11.8. The third-order valence-corrected chi connectivity index (χ3v) is 4.00. The van der Waals surface area contributed by atoms with Gasteiger partial charge in [0.15, 0.2) is 0 Å². The molecule has 0 saturated carbocycles. The average Bonchev–Trinajstić information content (AvgIpc) is 2.70. The molecule has 1 aromatic rings. The summed E-state index contributed by atoms with van der Waals surface area (Å²) in [4.78, 5) is 20.3. The van der Waals surface area contributed by atoms with Crippen LogP contribution in [0.5, 0.6) is 0 Å². The smallest absolute Gasteiger partial charge is 0.317 e. The lowest BCUT2D eigenvalue weighted by atomic mass is 10.4. The van der Waals surface area contributed by atoms with Gasteiger partial charge in [-0.1, -0.05) is 23.2 Å². The van der Waals surface area contributed by atoms with Gasteiger partial charge in [-0.05, 0) is 26.1 Å². The maximum absolute atomic E-state index is 12.1. The minimum absolute atomic E-state index is 0.0211. The molecule has 1 fully saturated rings. The van der Waals surface area contributed by atoms with E-state index < -0.39 is 0 Å². The molecule has 2 amide bonds. The summed E-state index contributed by atoms with van der Waals surface area (Å²) in [5, 5.41) is 6.94. The van der Waals surface area contributed by atoms with Crippen LogP contribution in [-0.2, 0) is 0 Å². The number of hydrogen-bond acceptors (Lipinski definition) is 4. The van der Waals surface area contributed by atoms with Crippen LogP contribution in [0.2, 0.25) is 10.0 Å². The molecular weight excluding hydrogens is 325 g/mol. The molecular formula is C14H21Cl2N5O. The molecule has 0 atom stereocenters. The van der Waals surface area contributed by atoms with E-state index in [9.17, 15) is 4.79 Å². The van der Waals surface area contributed by atoms with Gasteiger partial charge in [-0.25, -0.2) is 9.78 Å². The van der Waals surface area contributed by atoms with Crippen LogP contribution in [0.25, 0.3) is 0 Å². The minimum Gasteiger partial charge on any atom is -0.367 e. The van der Waals surface area contributed by atoms with Gasteiger partial charge >= 0.3 is 6.03 Å². The quantitative estimate of drug-likeness (QED) is 0.821. The maximum Gasteiger partial charge on any atom is 0.317 e.